The summed E-state index contributed by atoms with van der Waals surface area (Å²) >= 11 is 3.31. The van der Waals surface area contributed by atoms with Gasteiger partial charge in [0.2, 0.25) is 0 Å². The molecule has 1 amide bonds. The summed E-state index contributed by atoms with van der Waals surface area (Å²) in [6.45, 7) is 3.45. The average Bonchev–Trinajstić information content (AvgIpc) is 2.43. The van der Waals surface area contributed by atoms with E-state index in [4.69, 9.17) is 14.6 Å². The minimum Gasteiger partial charge on any atom is -0.495 e. The van der Waals surface area contributed by atoms with Crippen LogP contribution >= 0.6 is 15.9 Å². The van der Waals surface area contributed by atoms with Gasteiger partial charge in [0, 0.05) is 5.56 Å². The van der Waals surface area contributed by atoms with Crippen LogP contribution in [0, 0.1) is 5.92 Å². The van der Waals surface area contributed by atoms with Gasteiger partial charge in [-0.2, -0.15) is 0 Å². The highest BCUT2D eigenvalue weighted by atomic mass is 79.9. The van der Waals surface area contributed by atoms with E-state index in [9.17, 15) is 9.59 Å². The third kappa shape index (κ3) is 4.10. The Morgan fingerprint density at radius 2 is 1.67 bits per heavy atom. The molecule has 0 unspecified atom stereocenters. The summed E-state index contributed by atoms with van der Waals surface area (Å²) in [6.07, 6.45) is 0. The van der Waals surface area contributed by atoms with Crippen LogP contribution in [0.3, 0.4) is 0 Å². The number of halogens is 1. The number of nitrogens with one attached hydrogen (secondary N) is 1. The first-order chi connectivity index (χ1) is 9.81. The molecule has 7 heteroatoms. The maximum absolute atomic E-state index is 12.2. The Morgan fingerprint density at radius 1 is 1.19 bits per heavy atom. The van der Waals surface area contributed by atoms with Crippen molar-refractivity contribution in [1.82, 2.24) is 5.32 Å². The van der Waals surface area contributed by atoms with Crippen molar-refractivity contribution >= 4 is 27.8 Å². The first kappa shape index (κ1) is 17.3. The smallest absolute Gasteiger partial charge is 0.326 e. The molecular formula is C14H18BrNO5. The maximum atomic E-state index is 12.2. The van der Waals surface area contributed by atoms with Gasteiger partial charge in [0.15, 0.2) is 0 Å². The summed E-state index contributed by atoms with van der Waals surface area (Å²) < 4.78 is 10.9. The molecule has 0 aromatic heterocycles. The summed E-state index contributed by atoms with van der Waals surface area (Å²) in [6, 6.07) is 2.07. The third-order valence-electron chi connectivity index (χ3n) is 2.93. The quantitative estimate of drug-likeness (QED) is 0.813. The molecule has 0 spiro atoms. The van der Waals surface area contributed by atoms with Gasteiger partial charge < -0.3 is 19.9 Å². The Balaban J connectivity index is 3.10. The van der Waals surface area contributed by atoms with Crippen LogP contribution in [0.15, 0.2) is 16.6 Å². The molecule has 1 atom stereocenters. The topological polar surface area (TPSA) is 84.9 Å². The van der Waals surface area contributed by atoms with Gasteiger partial charge in [0.05, 0.1) is 14.2 Å². The van der Waals surface area contributed by atoms with Crippen LogP contribution in [-0.4, -0.2) is 37.2 Å². The normalized spacial score (nSPS) is 11.9. The molecule has 21 heavy (non-hydrogen) atoms. The molecule has 116 valence electrons. The summed E-state index contributed by atoms with van der Waals surface area (Å²) in [4.78, 5) is 23.3. The second-order valence-electron chi connectivity index (χ2n) is 4.73. The van der Waals surface area contributed by atoms with Crippen molar-refractivity contribution in [3.05, 3.63) is 22.2 Å². The molecule has 0 bridgehead atoms. The van der Waals surface area contributed by atoms with Gasteiger partial charge >= 0.3 is 5.97 Å². The van der Waals surface area contributed by atoms with Gasteiger partial charge in [-0.25, -0.2) is 4.79 Å². The lowest BCUT2D eigenvalue weighted by Gasteiger charge is -2.18. The van der Waals surface area contributed by atoms with E-state index in [2.05, 4.69) is 21.2 Å². The van der Waals surface area contributed by atoms with Crippen molar-refractivity contribution in [3.8, 4) is 11.5 Å². The number of aliphatic carboxylic acids is 1. The second-order valence-corrected chi connectivity index (χ2v) is 5.52. The molecule has 2 N–H and O–H groups in total. The van der Waals surface area contributed by atoms with Crippen LogP contribution in [0.4, 0.5) is 0 Å². The van der Waals surface area contributed by atoms with Gasteiger partial charge in [-0.05, 0) is 34.0 Å². The van der Waals surface area contributed by atoms with Crippen molar-refractivity contribution < 1.29 is 24.2 Å². The van der Waals surface area contributed by atoms with E-state index in [1.54, 1.807) is 13.8 Å². The van der Waals surface area contributed by atoms with Crippen LogP contribution in [0.25, 0.3) is 0 Å². The van der Waals surface area contributed by atoms with Crippen LogP contribution in [0.5, 0.6) is 11.5 Å². The highest BCUT2D eigenvalue weighted by Crippen LogP contribution is 2.35. The molecular weight excluding hydrogens is 342 g/mol. The van der Waals surface area contributed by atoms with Crippen LogP contribution in [-0.2, 0) is 4.79 Å². The number of carboxylic acid groups (broad SMARTS) is 1. The fourth-order valence-corrected chi connectivity index (χ4v) is 2.29. The first-order valence-corrected chi connectivity index (χ1v) is 7.06. The number of ether oxygens (including phenoxy) is 2. The largest absolute Gasteiger partial charge is 0.495 e. The third-order valence-corrected chi connectivity index (χ3v) is 3.71. The Bertz CT molecular complexity index is 519. The Hall–Kier alpha value is -1.76. The zero-order valence-electron chi connectivity index (χ0n) is 12.3. The maximum Gasteiger partial charge on any atom is 0.326 e. The summed E-state index contributed by atoms with van der Waals surface area (Å²) in [5, 5.41) is 11.6. The Labute approximate surface area is 131 Å². The Kier molecular flexibility index (Phi) is 6.02. The number of amides is 1. The molecule has 0 fully saturated rings. The van der Waals surface area contributed by atoms with Crippen LogP contribution in [0.1, 0.15) is 24.2 Å². The predicted molar refractivity (Wildman–Crippen MR) is 81.0 cm³/mol. The molecule has 0 saturated carbocycles. The highest BCUT2D eigenvalue weighted by Gasteiger charge is 2.25. The van der Waals surface area contributed by atoms with E-state index in [-0.39, 0.29) is 11.5 Å². The molecule has 0 heterocycles. The molecule has 0 radical (unpaired) electrons. The minimum atomic E-state index is -1.07. The van der Waals surface area contributed by atoms with Crippen molar-refractivity contribution in [2.75, 3.05) is 14.2 Å². The van der Waals surface area contributed by atoms with Crippen LogP contribution in [0.2, 0.25) is 0 Å². The van der Waals surface area contributed by atoms with Gasteiger partial charge in [0.25, 0.3) is 5.91 Å². The summed E-state index contributed by atoms with van der Waals surface area (Å²) in [5.41, 5.74) is 0.263. The van der Waals surface area contributed by atoms with E-state index in [1.807, 2.05) is 0 Å². The molecule has 0 aliphatic rings. The number of benzene rings is 1. The summed E-state index contributed by atoms with van der Waals surface area (Å²) in [5.74, 6) is -0.952. The van der Waals surface area contributed by atoms with Crippen molar-refractivity contribution in [2.24, 2.45) is 5.92 Å². The zero-order chi connectivity index (χ0) is 16.2. The van der Waals surface area contributed by atoms with Crippen molar-refractivity contribution in [1.29, 1.82) is 0 Å². The molecule has 0 saturated heterocycles. The number of hydrogen-bond acceptors (Lipinski definition) is 4. The monoisotopic (exact) mass is 359 g/mol. The van der Waals surface area contributed by atoms with Crippen molar-refractivity contribution in [3.63, 3.8) is 0 Å². The molecule has 6 nitrogen and oxygen atoms in total. The SMILES string of the molecule is COc1cc(C(=O)N[C@@H](C(=O)O)C(C)C)cc(OC)c1Br. The number of carboxylic acids is 1. The van der Waals surface area contributed by atoms with Gasteiger partial charge in [-0.1, -0.05) is 13.8 Å². The van der Waals surface area contributed by atoms with Crippen LogP contribution < -0.4 is 14.8 Å². The standard InChI is InChI=1S/C14H18BrNO5/c1-7(2)12(14(18)19)16-13(17)8-5-9(20-3)11(15)10(6-8)21-4/h5-7,12H,1-4H3,(H,16,17)(H,18,19)/t12-/m1/s1. The molecule has 0 aliphatic carbocycles. The lowest BCUT2D eigenvalue weighted by molar-refractivity contribution is -0.140. The molecule has 0 aliphatic heterocycles. The lowest BCUT2D eigenvalue weighted by Crippen LogP contribution is -2.44. The number of hydrogen-bond donors (Lipinski definition) is 2. The van der Waals surface area contributed by atoms with E-state index in [1.165, 1.54) is 26.4 Å². The van der Waals surface area contributed by atoms with Crippen molar-refractivity contribution in [2.45, 2.75) is 19.9 Å². The number of carbonyl (C=O) groups is 2. The van der Waals surface area contributed by atoms with E-state index < -0.39 is 17.9 Å². The first-order valence-electron chi connectivity index (χ1n) is 6.27. The number of rotatable bonds is 6. The highest BCUT2D eigenvalue weighted by molar-refractivity contribution is 9.10. The van der Waals surface area contributed by atoms with Gasteiger partial charge in [-0.15, -0.1) is 0 Å². The average molecular weight is 360 g/mol. The lowest BCUT2D eigenvalue weighted by atomic mass is 10.0. The fourth-order valence-electron chi connectivity index (χ4n) is 1.74. The zero-order valence-corrected chi connectivity index (χ0v) is 13.9. The minimum absolute atomic E-state index is 0.231. The van der Waals surface area contributed by atoms with E-state index in [0.29, 0.717) is 16.0 Å². The second kappa shape index (κ2) is 7.31. The number of carbonyl (C=O) groups excluding carboxylic acids is 1. The Morgan fingerprint density at radius 3 is 2.00 bits per heavy atom. The van der Waals surface area contributed by atoms with E-state index in [0.717, 1.165) is 0 Å². The molecule has 1 aromatic carbocycles. The predicted octanol–water partition coefficient (Wildman–Crippen LogP) is 2.31. The molecule has 1 rings (SSSR count). The van der Waals surface area contributed by atoms with Gasteiger partial charge in [-0.3, -0.25) is 4.79 Å². The van der Waals surface area contributed by atoms with E-state index >= 15 is 0 Å². The summed E-state index contributed by atoms with van der Waals surface area (Å²) in [7, 11) is 2.94. The molecule has 1 aromatic rings. The number of methoxy groups -OCH3 is 2. The fraction of sp³-hybridized carbons (Fsp3) is 0.429. The van der Waals surface area contributed by atoms with Gasteiger partial charge in [0.1, 0.15) is 22.0 Å².